The summed E-state index contributed by atoms with van der Waals surface area (Å²) in [5.41, 5.74) is 4.61. The molecule has 1 fully saturated rings. The van der Waals surface area contributed by atoms with Gasteiger partial charge in [-0.25, -0.2) is 0 Å². The predicted molar refractivity (Wildman–Crippen MR) is 93.2 cm³/mol. The van der Waals surface area contributed by atoms with Gasteiger partial charge in [0, 0.05) is 24.5 Å². The van der Waals surface area contributed by atoms with Crippen LogP contribution in [0.5, 0.6) is 0 Å². The van der Waals surface area contributed by atoms with Crippen LogP contribution in [-0.2, 0) is 34.4 Å². The number of hydrogen-bond acceptors (Lipinski definition) is 3. The van der Waals surface area contributed by atoms with Gasteiger partial charge in [0.25, 0.3) is 10.2 Å². The molecule has 1 aromatic rings. The van der Waals surface area contributed by atoms with E-state index in [0.717, 1.165) is 30.7 Å². The molecule has 4 rings (SSSR count). The van der Waals surface area contributed by atoms with Crippen molar-refractivity contribution in [2.45, 2.75) is 51.1 Å². The molecule has 25 heavy (non-hydrogen) atoms. The Hall–Kier alpha value is -1.64. The lowest BCUT2D eigenvalue weighted by molar-refractivity contribution is -0.142. The van der Waals surface area contributed by atoms with E-state index in [0.29, 0.717) is 32.4 Å². The van der Waals surface area contributed by atoms with E-state index in [2.05, 4.69) is 17.1 Å². The number of hydrogen-bond donors (Lipinski definition) is 2. The highest BCUT2D eigenvalue weighted by atomic mass is 32.2. The first-order valence-corrected chi connectivity index (χ1v) is 10.3. The molecule has 0 bridgehead atoms. The second-order valence-electron chi connectivity index (χ2n) is 6.97. The topological polar surface area (TPSA) is 93.7 Å². The molecule has 0 radical (unpaired) electrons. The second-order valence-corrected chi connectivity index (χ2v) is 8.85. The monoisotopic (exact) mass is 365 g/mol. The number of aliphatic carboxylic acids is 1. The number of carbonyl (C=O) groups is 1. The van der Waals surface area contributed by atoms with Gasteiger partial charge in [-0.2, -0.15) is 17.0 Å². The summed E-state index contributed by atoms with van der Waals surface area (Å²) >= 11 is 0. The Morgan fingerprint density at radius 2 is 2.04 bits per heavy atom. The van der Waals surface area contributed by atoms with Crippen LogP contribution in [0.15, 0.2) is 6.08 Å². The lowest BCUT2D eigenvalue weighted by atomic mass is 9.96. The quantitative estimate of drug-likeness (QED) is 0.849. The van der Waals surface area contributed by atoms with Crippen molar-refractivity contribution in [3.05, 3.63) is 28.6 Å². The number of aromatic nitrogens is 1. The number of rotatable bonds is 3. The van der Waals surface area contributed by atoms with Crippen molar-refractivity contribution in [2.75, 3.05) is 13.1 Å². The number of nitrogens with zero attached hydrogens (tertiary/aromatic N) is 2. The van der Waals surface area contributed by atoms with Crippen LogP contribution in [0.1, 0.15) is 48.2 Å². The Morgan fingerprint density at radius 1 is 1.20 bits per heavy atom. The molecule has 0 spiro atoms. The SMILES string of the molecule is O=C(O)C1CCCCN1S(=O)(=O)N1CCc2c([nH]c3c2CCC=C3)C1. The first kappa shape index (κ1) is 16.8. The average molecular weight is 365 g/mol. The van der Waals surface area contributed by atoms with Crippen LogP contribution in [0.3, 0.4) is 0 Å². The van der Waals surface area contributed by atoms with Gasteiger partial charge < -0.3 is 10.1 Å². The molecule has 1 unspecified atom stereocenters. The fraction of sp³-hybridized carbons (Fsp3) is 0.588. The third kappa shape index (κ3) is 2.82. The molecule has 0 saturated carbocycles. The van der Waals surface area contributed by atoms with E-state index in [4.69, 9.17) is 0 Å². The van der Waals surface area contributed by atoms with Crippen molar-refractivity contribution in [2.24, 2.45) is 0 Å². The highest BCUT2D eigenvalue weighted by Gasteiger charge is 2.41. The fourth-order valence-corrected chi connectivity index (χ4v) is 6.00. The minimum Gasteiger partial charge on any atom is -0.480 e. The highest BCUT2D eigenvalue weighted by Crippen LogP contribution is 2.32. The number of carboxylic acids is 1. The van der Waals surface area contributed by atoms with Gasteiger partial charge in [0.2, 0.25) is 0 Å². The first-order chi connectivity index (χ1) is 12.0. The van der Waals surface area contributed by atoms with Crippen molar-refractivity contribution >= 4 is 22.3 Å². The van der Waals surface area contributed by atoms with Crippen LogP contribution in [0.2, 0.25) is 0 Å². The molecule has 8 heteroatoms. The lowest BCUT2D eigenvalue weighted by Crippen LogP contribution is -2.54. The minimum atomic E-state index is -3.78. The predicted octanol–water partition coefficient (Wildman–Crippen LogP) is 1.52. The Labute approximate surface area is 147 Å². The summed E-state index contributed by atoms with van der Waals surface area (Å²) in [5.74, 6) is -1.05. The van der Waals surface area contributed by atoms with Crippen LogP contribution in [0, 0.1) is 0 Å². The van der Waals surface area contributed by atoms with Crippen molar-refractivity contribution < 1.29 is 18.3 Å². The second kappa shape index (κ2) is 6.26. The Bertz CT molecular complexity index is 827. The van der Waals surface area contributed by atoms with Crippen molar-refractivity contribution in [1.29, 1.82) is 0 Å². The van der Waals surface area contributed by atoms with E-state index in [1.807, 2.05) is 0 Å². The van der Waals surface area contributed by atoms with Crippen LogP contribution >= 0.6 is 0 Å². The highest BCUT2D eigenvalue weighted by molar-refractivity contribution is 7.86. The molecule has 2 N–H and O–H groups in total. The van der Waals surface area contributed by atoms with Crippen LogP contribution in [0.4, 0.5) is 0 Å². The molecule has 2 aliphatic heterocycles. The summed E-state index contributed by atoms with van der Waals surface area (Å²) in [4.78, 5) is 14.9. The van der Waals surface area contributed by atoms with E-state index in [1.54, 1.807) is 0 Å². The van der Waals surface area contributed by atoms with Crippen LogP contribution < -0.4 is 0 Å². The van der Waals surface area contributed by atoms with E-state index in [9.17, 15) is 18.3 Å². The fourth-order valence-electron chi connectivity index (χ4n) is 4.22. The maximum absolute atomic E-state index is 13.1. The molecule has 1 saturated heterocycles. The van der Waals surface area contributed by atoms with Gasteiger partial charge >= 0.3 is 5.97 Å². The number of nitrogens with one attached hydrogen (secondary N) is 1. The summed E-state index contributed by atoms with van der Waals surface area (Å²) < 4.78 is 28.8. The molecule has 0 aromatic carbocycles. The van der Waals surface area contributed by atoms with Crippen LogP contribution in [0.25, 0.3) is 6.08 Å². The zero-order valence-electron chi connectivity index (χ0n) is 14.1. The number of piperidine rings is 1. The van der Waals surface area contributed by atoms with Crippen LogP contribution in [-0.4, -0.2) is 52.2 Å². The summed E-state index contributed by atoms with van der Waals surface area (Å²) in [6.07, 6.45) is 8.75. The molecular weight excluding hydrogens is 342 g/mol. The maximum atomic E-state index is 13.1. The zero-order valence-corrected chi connectivity index (χ0v) is 14.9. The Balaban J connectivity index is 1.61. The average Bonchev–Trinajstić information content (AvgIpc) is 2.99. The lowest BCUT2D eigenvalue weighted by Gasteiger charge is -2.37. The van der Waals surface area contributed by atoms with Gasteiger partial charge in [0.15, 0.2) is 0 Å². The molecule has 1 aliphatic carbocycles. The van der Waals surface area contributed by atoms with Gasteiger partial charge in [-0.3, -0.25) is 4.79 Å². The number of allylic oxidation sites excluding steroid dienone is 1. The Kier molecular flexibility index (Phi) is 4.21. The van der Waals surface area contributed by atoms with E-state index < -0.39 is 22.2 Å². The molecule has 3 aliphatic rings. The minimum absolute atomic E-state index is 0.284. The van der Waals surface area contributed by atoms with Gasteiger partial charge in [-0.05, 0) is 55.7 Å². The van der Waals surface area contributed by atoms with Crippen molar-refractivity contribution in [3.8, 4) is 0 Å². The molecule has 1 aromatic heterocycles. The Morgan fingerprint density at radius 3 is 2.84 bits per heavy atom. The summed E-state index contributed by atoms with van der Waals surface area (Å²) in [6.45, 7) is 0.986. The summed E-state index contributed by atoms with van der Waals surface area (Å²) in [7, 11) is -3.78. The summed E-state index contributed by atoms with van der Waals surface area (Å²) in [6, 6.07) is -0.945. The van der Waals surface area contributed by atoms with Gasteiger partial charge in [0.05, 0.1) is 6.54 Å². The molecule has 3 heterocycles. The summed E-state index contributed by atoms with van der Waals surface area (Å²) in [5, 5.41) is 9.40. The van der Waals surface area contributed by atoms with Crippen molar-refractivity contribution in [3.63, 3.8) is 0 Å². The third-order valence-corrected chi connectivity index (χ3v) is 7.49. The first-order valence-electron chi connectivity index (χ1n) is 8.87. The molecule has 7 nitrogen and oxygen atoms in total. The third-order valence-electron chi connectivity index (χ3n) is 5.49. The van der Waals surface area contributed by atoms with Crippen molar-refractivity contribution in [1.82, 2.24) is 13.6 Å². The van der Waals surface area contributed by atoms with Gasteiger partial charge in [-0.15, -0.1) is 0 Å². The maximum Gasteiger partial charge on any atom is 0.322 e. The zero-order chi connectivity index (χ0) is 17.6. The molecular formula is C17H23N3O4S. The largest absolute Gasteiger partial charge is 0.480 e. The number of fused-ring (bicyclic) bond motifs is 3. The molecule has 136 valence electrons. The number of H-pyrrole nitrogens is 1. The van der Waals surface area contributed by atoms with Gasteiger partial charge in [-0.1, -0.05) is 6.08 Å². The van der Waals surface area contributed by atoms with Gasteiger partial charge in [0.1, 0.15) is 6.04 Å². The normalized spacial score (nSPS) is 24.7. The molecule has 0 amide bonds. The number of aromatic amines is 1. The standard InChI is InChI=1S/C17H23N3O4S/c21-17(22)16-7-3-4-9-20(16)25(23,24)19-10-8-13-12-5-1-2-6-14(12)18-15(13)11-19/h2,6,16,18H,1,3-5,7-11H2,(H,21,22). The van der Waals surface area contributed by atoms with E-state index in [1.165, 1.54) is 19.7 Å². The van der Waals surface area contributed by atoms with E-state index in [-0.39, 0.29) is 6.54 Å². The van der Waals surface area contributed by atoms with E-state index >= 15 is 0 Å². The number of carboxylic acid groups (broad SMARTS) is 1. The molecule has 1 atom stereocenters. The smallest absolute Gasteiger partial charge is 0.322 e.